The Balaban J connectivity index is 1.32. The molecule has 1 saturated heterocycles. The van der Waals surface area contributed by atoms with Crippen LogP contribution >= 0.6 is 0 Å². The SMILES string of the molecule is O=C(NC1CCN(Cc2c[nH]c3ccccc23)CC1)c1ccccc1. The highest BCUT2D eigenvalue weighted by atomic mass is 16.1. The maximum absolute atomic E-state index is 12.3. The summed E-state index contributed by atoms with van der Waals surface area (Å²) in [5, 5.41) is 4.48. The molecule has 2 heterocycles. The fourth-order valence-corrected chi connectivity index (χ4v) is 3.60. The highest BCUT2D eigenvalue weighted by Gasteiger charge is 2.21. The van der Waals surface area contributed by atoms with Crippen LogP contribution in [0.5, 0.6) is 0 Å². The zero-order valence-electron chi connectivity index (χ0n) is 14.2. The van der Waals surface area contributed by atoms with Gasteiger partial charge in [-0.3, -0.25) is 9.69 Å². The number of aromatic amines is 1. The molecule has 3 aromatic rings. The van der Waals surface area contributed by atoms with Crippen LogP contribution in [0.1, 0.15) is 28.8 Å². The molecule has 25 heavy (non-hydrogen) atoms. The molecule has 0 aliphatic carbocycles. The zero-order valence-corrected chi connectivity index (χ0v) is 14.2. The number of piperidine rings is 1. The van der Waals surface area contributed by atoms with Gasteiger partial charge < -0.3 is 10.3 Å². The lowest BCUT2D eigenvalue weighted by molar-refractivity contribution is 0.0909. The smallest absolute Gasteiger partial charge is 0.251 e. The van der Waals surface area contributed by atoms with E-state index in [9.17, 15) is 4.79 Å². The number of aromatic nitrogens is 1. The van der Waals surface area contributed by atoms with Crippen LogP contribution in [0.4, 0.5) is 0 Å². The number of nitrogens with zero attached hydrogens (tertiary/aromatic N) is 1. The van der Waals surface area contributed by atoms with Crippen LogP contribution in [0.15, 0.2) is 60.8 Å². The summed E-state index contributed by atoms with van der Waals surface area (Å²) >= 11 is 0. The lowest BCUT2D eigenvalue weighted by atomic mass is 10.0. The molecule has 2 aromatic carbocycles. The number of nitrogens with one attached hydrogen (secondary N) is 2. The van der Waals surface area contributed by atoms with Crippen LogP contribution in [0.25, 0.3) is 10.9 Å². The highest BCUT2D eigenvalue weighted by Crippen LogP contribution is 2.21. The third kappa shape index (κ3) is 3.59. The Kier molecular flexibility index (Phi) is 4.53. The van der Waals surface area contributed by atoms with E-state index in [1.807, 2.05) is 30.3 Å². The summed E-state index contributed by atoms with van der Waals surface area (Å²) in [6, 6.07) is 18.2. The van der Waals surface area contributed by atoms with Gasteiger partial charge in [0, 0.05) is 48.3 Å². The van der Waals surface area contributed by atoms with Gasteiger partial charge in [-0.05, 0) is 36.6 Å². The molecule has 1 aromatic heterocycles. The molecule has 4 nitrogen and oxygen atoms in total. The zero-order chi connectivity index (χ0) is 17.1. The van der Waals surface area contributed by atoms with Crippen molar-refractivity contribution in [2.75, 3.05) is 13.1 Å². The molecule has 2 N–H and O–H groups in total. The third-order valence-corrected chi connectivity index (χ3v) is 5.03. The van der Waals surface area contributed by atoms with Gasteiger partial charge in [-0.2, -0.15) is 0 Å². The van der Waals surface area contributed by atoms with Gasteiger partial charge in [-0.25, -0.2) is 0 Å². The van der Waals surface area contributed by atoms with E-state index in [1.165, 1.54) is 16.5 Å². The second kappa shape index (κ2) is 7.11. The molecule has 1 amide bonds. The van der Waals surface area contributed by atoms with Crippen molar-refractivity contribution in [3.63, 3.8) is 0 Å². The van der Waals surface area contributed by atoms with E-state index in [-0.39, 0.29) is 11.9 Å². The van der Waals surface area contributed by atoms with Gasteiger partial charge in [0.25, 0.3) is 5.91 Å². The minimum Gasteiger partial charge on any atom is -0.361 e. The molecule has 0 bridgehead atoms. The minimum atomic E-state index is 0.0377. The van der Waals surface area contributed by atoms with Gasteiger partial charge in [0.05, 0.1) is 0 Å². The number of carbonyl (C=O) groups is 1. The molecule has 0 radical (unpaired) electrons. The first-order valence-electron chi connectivity index (χ1n) is 8.93. The van der Waals surface area contributed by atoms with Crippen LogP contribution in [-0.4, -0.2) is 34.9 Å². The molecule has 1 aliphatic rings. The van der Waals surface area contributed by atoms with Crippen LogP contribution < -0.4 is 5.32 Å². The van der Waals surface area contributed by atoms with E-state index < -0.39 is 0 Å². The van der Waals surface area contributed by atoms with Gasteiger partial charge in [0.1, 0.15) is 0 Å². The van der Waals surface area contributed by atoms with Crippen molar-refractivity contribution in [1.29, 1.82) is 0 Å². The summed E-state index contributed by atoms with van der Waals surface area (Å²) in [5.74, 6) is 0.0377. The maximum atomic E-state index is 12.3. The molecule has 0 spiro atoms. The molecule has 0 unspecified atom stereocenters. The third-order valence-electron chi connectivity index (χ3n) is 5.03. The fourth-order valence-electron chi connectivity index (χ4n) is 3.60. The fraction of sp³-hybridized carbons (Fsp3) is 0.286. The lowest BCUT2D eigenvalue weighted by Gasteiger charge is -2.32. The number of carbonyl (C=O) groups excluding carboxylic acids is 1. The van der Waals surface area contributed by atoms with Crippen LogP contribution in [0, 0.1) is 0 Å². The van der Waals surface area contributed by atoms with Gasteiger partial charge in [0.15, 0.2) is 0 Å². The van der Waals surface area contributed by atoms with Gasteiger partial charge in [-0.1, -0.05) is 36.4 Å². The maximum Gasteiger partial charge on any atom is 0.251 e. The number of benzene rings is 2. The van der Waals surface area contributed by atoms with Crippen LogP contribution in [0.3, 0.4) is 0 Å². The summed E-state index contributed by atoms with van der Waals surface area (Å²) in [6.45, 7) is 2.99. The molecular weight excluding hydrogens is 310 g/mol. The number of H-pyrrole nitrogens is 1. The Hall–Kier alpha value is -2.59. The van der Waals surface area contributed by atoms with Gasteiger partial charge in [0.2, 0.25) is 0 Å². The number of fused-ring (bicyclic) bond motifs is 1. The second-order valence-corrected chi connectivity index (χ2v) is 6.75. The number of rotatable bonds is 4. The molecule has 4 heteroatoms. The first kappa shape index (κ1) is 15.9. The predicted molar refractivity (Wildman–Crippen MR) is 101 cm³/mol. The van der Waals surface area contributed by atoms with E-state index in [0.717, 1.165) is 38.0 Å². The summed E-state index contributed by atoms with van der Waals surface area (Å²) < 4.78 is 0. The quantitative estimate of drug-likeness (QED) is 0.767. The average Bonchev–Trinajstić information content (AvgIpc) is 3.07. The van der Waals surface area contributed by atoms with E-state index >= 15 is 0 Å². The van der Waals surface area contributed by atoms with Crippen molar-refractivity contribution in [2.45, 2.75) is 25.4 Å². The largest absolute Gasteiger partial charge is 0.361 e. The lowest BCUT2D eigenvalue weighted by Crippen LogP contribution is -2.44. The first-order valence-corrected chi connectivity index (χ1v) is 8.93. The predicted octanol–water partition coefficient (Wildman–Crippen LogP) is 3.56. The summed E-state index contributed by atoms with van der Waals surface area (Å²) in [6.07, 6.45) is 4.12. The monoisotopic (exact) mass is 333 g/mol. The van der Waals surface area contributed by atoms with Gasteiger partial charge >= 0.3 is 0 Å². The minimum absolute atomic E-state index is 0.0377. The average molecular weight is 333 g/mol. The number of para-hydroxylation sites is 1. The Labute approximate surface area is 147 Å². The topological polar surface area (TPSA) is 48.1 Å². The number of likely N-dealkylation sites (tertiary alicyclic amines) is 1. The van der Waals surface area contributed by atoms with E-state index in [1.54, 1.807) is 0 Å². The summed E-state index contributed by atoms with van der Waals surface area (Å²) in [5.41, 5.74) is 3.29. The molecular formula is C21H23N3O. The molecule has 1 aliphatic heterocycles. The molecule has 0 saturated carbocycles. The normalized spacial score (nSPS) is 16.2. The van der Waals surface area contributed by atoms with Crippen molar-refractivity contribution >= 4 is 16.8 Å². The summed E-state index contributed by atoms with van der Waals surface area (Å²) in [7, 11) is 0. The van der Waals surface area contributed by atoms with Gasteiger partial charge in [-0.15, -0.1) is 0 Å². The van der Waals surface area contributed by atoms with E-state index in [0.29, 0.717) is 0 Å². The number of hydrogen-bond acceptors (Lipinski definition) is 2. The van der Waals surface area contributed by atoms with Crippen molar-refractivity contribution in [3.8, 4) is 0 Å². The van der Waals surface area contributed by atoms with Crippen LogP contribution in [-0.2, 0) is 6.54 Å². The first-order chi connectivity index (χ1) is 12.3. The molecule has 128 valence electrons. The Morgan fingerprint density at radius 3 is 2.56 bits per heavy atom. The highest BCUT2D eigenvalue weighted by molar-refractivity contribution is 5.94. The standard InChI is InChI=1S/C21H23N3O/c25-21(16-6-2-1-3-7-16)23-18-10-12-24(13-11-18)15-17-14-22-20-9-5-4-8-19(17)20/h1-9,14,18,22H,10-13,15H2,(H,23,25). The van der Waals surface area contributed by atoms with Crippen molar-refractivity contribution in [1.82, 2.24) is 15.2 Å². The van der Waals surface area contributed by atoms with Crippen molar-refractivity contribution in [2.24, 2.45) is 0 Å². The van der Waals surface area contributed by atoms with E-state index in [2.05, 4.69) is 45.7 Å². The summed E-state index contributed by atoms with van der Waals surface area (Å²) in [4.78, 5) is 18.1. The van der Waals surface area contributed by atoms with Crippen molar-refractivity contribution < 1.29 is 4.79 Å². The Morgan fingerprint density at radius 1 is 1.04 bits per heavy atom. The van der Waals surface area contributed by atoms with Crippen molar-refractivity contribution in [3.05, 3.63) is 71.9 Å². The Bertz CT molecular complexity index is 848. The van der Waals surface area contributed by atoms with Crippen LogP contribution in [0.2, 0.25) is 0 Å². The van der Waals surface area contributed by atoms with E-state index in [4.69, 9.17) is 0 Å². The Morgan fingerprint density at radius 2 is 1.76 bits per heavy atom. The second-order valence-electron chi connectivity index (χ2n) is 6.75. The molecule has 1 fully saturated rings. The molecule has 0 atom stereocenters. The number of hydrogen-bond donors (Lipinski definition) is 2. The molecule has 4 rings (SSSR count). The number of amides is 1.